The fraction of sp³-hybridized carbons (Fsp3) is 0.0625. The van der Waals surface area contributed by atoms with Gasteiger partial charge in [0, 0.05) is 0 Å². The van der Waals surface area contributed by atoms with Crippen molar-refractivity contribution in [3.8, 4) is 0 Å². The molecule has 0 radical (unpaired) electrons. The maximum Gasteiger partial charge on any atom is 0.335 e. The number of anilines is 1. The molecule has 0 bridgehead atoms. The SMILES string of the molecule is Cc1ccc(/C=C/S(=O)(=O)Nc2cc(C(=O)O)ccc2F)cc1. The number of carbonyl (C=O) groups is 1. The molecule has 2 aromatic carbocycles. The Morgan fingerprint density at radius 3 is 2.43 bits per heavy atom. The standard InChI is InChI=1S/C16H14FNO4S/c1-11-2-4-12(5-3-11)8-9-23(21,22)18-15-10-13(16(19)20)6-7-14(15)17/h2-10,18H,1H3,(H,19,20)/b9-8+. The van der Waals surface area contributed by atoms with Crippen LogP contribution in [-0.2, 0) is 10.0 Å². The first-order valence-corrected chi connectivity index (χ1v) is 8.12. The second-order valence-corrected chi connectivity index (χ2v) is 6.43. The van der Waals surface area contributed by atoms with E-state index in [1.165, 1.54) is 6.08 Å². The number of nitrogens with one attached hydrogen (secondary N) is 1. The predicted octanol–water partition coefficient (Wildman–Crippen LogP) is 3.24. The zero-order valence-corrected chi connectivity index (χ0v) is 13.0. The number of carboxylic acid groups (broad SMARTS) is 1. The molecule has 7 heteroatoms. The van der Waals surface area contributed by atoms with Gasteiger partial charge in [-0.2, -0.15) is 0 Å². The third-order valence-corrected chi connectivity index (χ3v) is 3.98. The molecule has 2 N–H and O–H groups in total. The number of hydrogen-bond donors (Lipinski definition) is 2. The van der Waals surface area contributed by atoms with Gasteiger partial charge in [-0.1, -0.05) is 29.8 Å². The fourth-order valence-corrected chi connectivity index (χ4v) is 2.64. The molecule has 0 fully saturated rings. The van der Waals surface area contributed by atoms with Crippen molar-refractivity contribution in [1.82, 2.24) is 0 Å². The van der Waals surface area contributed by atoms with Crippen molar-refractivity contribution in [2.24, 2.45) is 0 Å². The Bertz CT molecular complexity index is 858. The molecule has 2 aromatic rings. The summed E-state index contributed by atoms with van der Waals surface area (Å²) in [5.74, 6) is -2.14. The molecule has 0 atom stereocenters. The normalized spacial score (nSPS) is 11.6. The topological polar surface area (TPSA) is 83.5 Å². The van der Waals surface area contributed by atoms with Crippen LogP contribution in [0.2, 0.25) is 0 Å². The highest BCUT2D eigenvalue weighted by Crippen LogP contribution is 2.18. The summed E-state index contributed by atoms with van der Waals surface area (Å²) in [6, 6.07) is 10.0. The number of aryl methyl sites for hydroxylation is 1. The summed E-state index contributed by atoms with van der Waals surface area (Å²) in [6.45, 7) is 1.91. The maximum atomic E-state index is 13.6. The molecule has 0 aliphatic carbocycles. The van der Waals surface area contributed by atoms with E-state index >= 15 is 0 Å². The maximum absolute atomic E-state index is 13.6. The monoisotopic (exact) mass is 335 g/mol. The van der Waals surface area contributed by atoms with Gasteiger partial charge in [-0.25, -0.2) is 17.6 Å². The van der Waals surface area contributed by atoms with Crippen molar-refractivity contribution in [1.29, 1.82) is 0 Å². The molecule has 120 valence electrons. The highest BCUT2D eigenvalue weighted by molar-refractivity contribution is 7.95. The predicted molar refractivity (Wildman–Crippen MR) is 86.1 cm³/mol. The average Bonchev–Trinajstić information content (AvgIpc) is 2.48. The van der Waals surface area contributed by atoms with Gasteiger partial charge in [-0.05, 0) is 36.8 Å². The number of hydrogen-bond acceptors (Lipinski definition) is 3. The minimum atomic E-state index is -3.97. The quantitative estimate of drug-likeness (QED) is 0.878. The van der Waals surface area contributed by atoms with Gasteiger partial charge in [0.2, 0.25) is 0 Å². The number of carboxylic acids is 1. The van der Waals surface area contributed by atoms with E-state index in [9.17, 15) is 17.6 Å². The highest BCUT2D eigenvalue weighted by Gasteiger charge is 2.13. The Balaban J connectivity index is 2.22. The van der Waals surface area contributed by atoms with Crippen LogP contribution in [0.4, 0.5) is 10.1 Å². The lowest BCUT2D eigenvalue weighted by atomic mass is 10.2. The van der Waals surface area contributed by atoms with Gasteiger partial charge in [0.05, 0.1) is 16.7 Å². The van der Waals surface area contributed by atoms with Crippen molar-refractivity contribution >= 4 is 27.8 Å². The molecule has 0 spiro atoms. The molecule has 5 nitrogen and oxygen atoms in total. The molecule has 0 aromatic heterocycles. The highest BCUT2D eigenvalue weighted by atomic mass is 32.2. The third-order valence-electron chi connectivity index (χ3n) is 2.98. The molecule has 23 heavy (non-hydrogen) atoms. The Hall–Kier alpha value is -2.67. The van der Waals surface area contributed by atoms with Gasteiger partial charge in [-0.3, -0.25) is 4.72 Å². The van der Waals surface area contributed by atoms with E-state index in [1.54, 1.807) is 12.1 Å². The zero-order valence-electron chi connectivity index (χ0n) is 12.2. The van der Waals surface area contributed by atoms with Crippen molar-refractivity contribution in [2.75, 3.05) is 4.72 Å². The summed E-state index contributed by atoms with van der Waals surface area (Å²) in [4.78, 5) is 10.9. The van der Waals surface area contributed by atoms with Crippen LogP contribution in [0.25, 0.3) is 6.08 Å². The lowest BCUT2D eigenvalue weighted by Gasteiger charge is -2.06. The van der Waals surface area contributed by atoms with Crippen molar-refractivity contribution in [3.05, 3.63) is 70.4 Å². The molecule has 0 aliphatic heterocycles. The largest absolute Gasteiger partial charge is 0.478 e. The Morgan fingerprint density at radius 1 is 1.17 bits per heavy atom. The molecular formula is C16H14FNO4S. The molecule has 0 saturated heterocycles. The summed E-state index contributed by atoms with van der Waals surface area (Å²) < 4.78 is 39.6. The van der Waals surface area contributed by atoms with Crippen LogP contribution in [0, 0.1) is 12.7 Å². The third kappa shape index (κ3) is 4.65. The smallest absolute Gasteiger partial charge is 0.335 e. The second-order valence-electron chi connectivity index (χ2n) is 4.86. The lowest BCUT2D eigenvalue weighted by Crippen LogP contribution is -2.11. The first kappa shape index (κ1) is 16.7. The van der Waals surface area contributed by atoms with Gasteiger partial charge in [0.15, 0.2) is 0 Å². The summed E-state index contributed by atoms with van der Waals surface area (Å²) in [5.41, 5.74) is 1.07. The van der Waals surface area contributed by atoms with Crippen LogP contribution in [-0.4, -0.2) is 19.5 Å². The van der Waals surface area contributed by atoms with E-state index in [0.29, 0.717) is 5.56 Å². The summed E-state index contributed by atoms with van der Waals surface area (Å²) in [5, 5.41) is 9.75. The number of rotatable bonds is 5. The summed E-state index contributed by atoms with van der Waals surface area (Å²) in [6.07, 6.45) is 1.36. The van der Waals surface area contributed by atoms with Crippen LogP contribution in [0.1, 0.15) is 21.5 Å². The minimum absolute atomic E-state index is 0.216. The van der Waals surface area contributed by atoms with Crippen LogP contribution < -0.4 is 4.72 Å². The van der Waals surface area contributed by atoms with E-state index in [0.717, 1.165) is 29.2 Å². The molecule has 2 rings (SSSR count). The van der Waals surface area contributed by atoms with Crippen molar-refractivity contribution in [2.45, 2.75) is 6.92 Å². The number of halogens is 1. The van der Waals surface area contributed by atoms with Crippen LogP contribution in [0.3, 0.4) is 0 Å². The van der Waals surface area contributed by atoms with Crippen molar-refractivity contribution in [3.63, 3.8) is 0 Å². The van der Waals surface area contributed by atoms with Gasteiger partial charge >= 0.3 is 5.97 Å². The molecule has 0 amide bonds. The van der Waals surface area contributed by atoms with Gasteiger partial charge < -0.3 is 5.11 Å². The Kier molecular flexibility index (Phi) is 4.80. The first-order chi connectivity index (χ1) is 10.8. The Labute approximate surface area is 133 Å². The lowest BCUT2D eigenvalue weighted by molar-refractivity contribution is 0.0697. The fourth-order valence-electron chi connectivity index (χ4n) is 1.77. The average molecular weight is 335 g/mol. The number of aromatic carboxylic acids is 1. The molecule has 0 unspecified atom stereocenters. The van der Waals surface area contributed by atoms with Crippen LogP contribution in [0.5, 0.6) is 0 Å². The molecular weight excluding hydrogens is 321 g/mol. The van der Waals surface area contributed by atoms with Gasteiger partial charge in [-0.15, -0.1) is 0 Å². The number of sulfonamides is 1. The van der Waals surface area contributed by atoms with Crippen molar-refractivity contribution < 1.29 is 22.7 Å². The van der Waals surface area contributed by atoms with Crippen LogP contribution in [0.15, 0.2) is 47.9 Å². The van der Waals surface area contributed by atoms with E-state index in [4.69, 9.17) is 5.11 Å². The van der Waals surface area contributed by atoms with E-state index in [2.05, 4.69) is 0 Å². The molecule has 0 heterocycles. The van der Waals surface area contributed by atoms with Crippen LogP contribution >= 0.6 is 0 Å². The number of benzene rings is 2. The Morgan fingerprint density at radius 2 is 1.83 bits per heavy atom. The van der Waals surface area contributed by atoms with E-state index in [1.807, 2.05) is 23.8 Å². The van der Waals surface area contributed by atoms with Gasteiger partial charge in [0.25, 0.3) is 10.0 Å². The molecule has 0 aliphatic rings. The second kappa shape index (κ2) is 6.62. The minimum Gasteiger partial charge on any atom is -0.478 e. The van der Waals surface area contributed by atoms with E-state index in [-0.39, 0.29) is 5.56 Å². The summed E-state index contributed by atoms with van der Waals surface area (Å²) >= 11 is 0. The first-order valence-electron chi connectivity index (χ1n) is 6.57. The molecule has 0 saturated carbocycles. The van der Waals surface area contributed by atoms with Gasteiger partial charge in [0.1, 0.15) is 5.82 Å². The summed E-state index contributed by atoms with van der Waals surface area (Å²) in [7, 11) is -3.97. The van der Waals surface area contributed by atoms with E-state index < -0.39 is 27.5 Å². The zero-order chi connectivity index (χ0) is 17.0.